The first kappa shape index (κ1) is 37.4. The largest absolute Gasteiger partial charge is 0.414 e. The number of amides is 1. The van der Waals surface area contributed by atoms with Gasteiger partial charge in [-0.25, -0.2) is 0 Å². The molecule has 0 spiro atoms. The highest BCUT2D eigenvalue weighted by molar-refractivity contribution is 7.54. The van der Waals surface area contributed by atoms with E-state index < -0.39 is 15.9 Å². The van der Waals surface area contributed by atoms with Crippen molar-refractivity contribution in [2.75, 3.05) is 25.9 Å². The molecule has 0 aromatic heterocycles. The van der Waals surface area contributed by atoms with Crippen molar-refractivity contribution in [1.29, 1.82) is 0 Å². The fourth-order valence-electron chi connectivity index (χ4n) is 3.91. The molecular weight excluding hydrogens is 529 g/mol. The number of hydrogen-bond donors (Lipinski definition) is 1. The summed E-state index contributed by atoms with van der Waals surface area (Å²) in [6.07, 6.45) is 16.3. The zero-order chi connectivity index (χ0) is 29.9. The van der Waals surface area contributed by atoms with Crippen LogP contribution in [0.25, 0.3) is 0 Å². The van der Waals surface area contributed by atoms with E-state index in [1.807, 2.05) is 6.08 Å². The van der Waals surface area contributed by atoms with Crippen LogP contribution in [0.5, 0.6) is 0 Å². The molecule has 0 aliphatic heterocycles. The fraction of sp³-hybridized carbons (Fsp3) is 0.667. The summed E-state index contributed by atoms with van der Waals surface area (Å²) in [6, 6.07) is 0. The van der Waals surface area contributed by atoms with E-state index in [0.29, 0.717) is 12.5 Å². The lowest BCUT2D eigenvalue weighted by Crippen LogP contribution is -2.34. The maximum Gasteiger partial charge on any atom is 0.340 e. The van der Waals surface area contributed by atoms with Gasteiger partial charge < -0.3 is 18.8 Å². The molecule has 0 fully saturated rings. The molecule has 7 nitrogen and oxygen atoms in total. The zero-order valence-electron chi connectivity index (χ0n) is 25.8. The van der Waals surface area contributed by atoms with Crippen LogP contribution in [0.2, 0.25) is 19.6 Å². The average Bonchev–Trinajstić information content (AvgIpc) is 2.83. The van der Waals surface area contributed by atoms with Gasteiger partial charge in [-0.2, -0.15) is 0 Å². The standard InChI is InChI=1S/C30H54NO6PSi/c1-10-35-38(34,36-11-2)24-30(33)31-23-27(5)17-14-12-13-16-25(3)22-26(4)19-20-29(37-39(7,8)9)28(6)18-15-21-32/h12-13,15-16,18-19,21,27-29H,10-11,14,17,20,22-24H2,1-9H3,(H,31,33)/b13-12+,18-15+,25-16+,26-19+/t27-,28-,29-/m0/s1. The van der Waals surface area contributed by atoms with E-state index in [4.69, 9.17) is 13.5 Å². The van der Waals surface area contributed by atoms with Gasteiger partial charge in [0.25, 0.3) is 0 Å². The number of hydrogen-bond acceptors (Lipinski definition) is 6. The molecule has 0 heterocycles. The van der Waals surface area contributed by atoms with Crippen LogP contribution in [0.3, 0.4) is 0 Å². The van der Waals surface area contributed by atoms with Crippen LogP contribution in [-0.4, -0.2) is 52.5 Å². The summed E-state index contributed by atoms with van der Waals surface area (Å²) in [6.45, 7) is 19.5. The van der Waals surface area contributed by atoms with Crippen LogP contribution in [0, 0.1) is 11.8 Å². The van der Waals surface area contributed by atoms with E-state index in [1.165, 1.54) is 11.1 Å². The van der Waals surface area contributed by atoms with Crippen LogP contribution >= 0.6 is 7.60 Å². The molecule has 0 saturated carbocycles. The number of nitrogens with one attached hydrogen (secondary N) is 1. The van der Waals surface area contributed by atoms with Crippen molar-refractivity contribution in [3.05, 3.63) is 47.6 Å². The Bertz CT molecular complexity index is 880. The first-order valence-electron chi connectivity index (χ1n) is 14.2. The Balaban J connectivity index is 4.63. The van der Waals surface area contributed by atoms with Gasteiger partial charge in [0, 0.05) is 6.54 Å². The minimum absolute atomic E-state index is 0.0673. The van der Waals surface area contributed by atoms with Gasteiger partial charge in [-0.15, -0.1) is 0 Å². The normalized spacial score (nSPS) is 16.0. The number of carbonyl (C=O) groups is 2. The molecular formula is C30H54NO6PSi. The Kier molecular flexibility index (Phi) is 19.5. The SMILES string of the molecule is CCOP(=O)(CC(=O)NC[C@@H](C)CC/C=C/C=C(\C)C/C(C)=C/C[C@H](O[Si](C)(C)C)[C@@H](C)/C=C/C=O)OCC. The summed E-state index contributed by atoms with van der Waals surface area (Å²) < 4.78 is 29.2. The van der Waals surface area contributed by atoms with E-state index in [1.54, 1.807) is 19.9 Å². The maximum atomic E-state index is 12.5. The second-order valence-corrected chi connectivity index (χ2v) is 17.7. The lowest BCUT2D eigenvalue weighted by molar-refractivity contribution is -0.119. The van der Waals surface area contributed by atoms with Crippen molar-refractivity contribution in [3.63, 3.8) is 0 Å². The molecule has 0 aromatic carbocycles. The van der Waals surface area contributed by atoms with Crippen molar-refractivity contribution < 1.29 is 27.6 Å². The van der Waals surface area contributed by atoms with Crippen molar-refractivity contribution in [3.8, 4) is 0 Å². The monoisotopic (exact) mass is 583 g/mol. The van der Waals surface area contributed by atoms with Crippen molar-refractivity contribution in [2.24, 2.45) is 11.8 Å². The van der Waals surface area contributed by atoms with E-state index in [9.17, 15) is 14.2 Å². The fourth-order valence-corrected chi connectivity index (χ4v) is 6.64. The Morgan fingerprint density at radius 1 is 1.03 bits per heavy atom. The van der Waals surface area contributed by atoms with Gasteiger partial charge in [0.2, 0.25) is 5.91 Å². The lowest BCUT2D eigenvalue weighted by atomic mass is 9.99. The quantitative estimate of drug-likeness (QED) is 0.0373. The third-order valence-electron chi connectivity index (χ3n) is 5.82. The van der Waals surface area contributed by atoms with Gasteiger partial charge in [-0.05, 0) is 90.9 Å². The van der Waals surface area contributed by atoms with Crippen LogP contribution in [-0.2, 0) is 27.6 Å². The molecule has 0 aromatic rings. The minimum Gasteiger partial charge on any atom is -0.414 e. The molecule has 39 heavy (non-hydrogen) atoms. The Hall–Kier alpha value is -1.57. The van der Waals surface area contributed by atoms with Crippen LogP contribution in [0.4, 0.5) is 0 Å². The highest BCUT2D eigenvalue weighted by Crippen LogP contribution is 2.47. The topological polar surface area (TPSA) is 90.9 Å². The average molecular weight is 584 g/mol. The molecule has 224 valence electrons. The van der Waals surface area contributed by atoms with Gasteiger partial charge in [0.1, 0.15) is 12.4 Å². The zero-order valence-corrected chi connectivity index (χ0v) is 27.7. The smallest absolute Gasteiger partial charge is 0.340 e. The number of aldehydes is 1. The van der Waals surface area contributed by atoms with E-state index in [-0.39, 0.29) is 37.3 Å². The van der Waals surface area contributed by atoms with E-state index in [0.717, 1.165) is 32.0 Å². The van der Waals surface area contributed by atoms with Crippen LogP contribution in [0.15, 0.2) is 47.6 Å². The third kappa shape index (κ3) is 20.0. The molecule has 0 rings (SSSR count). The molecule has 0 unspecified atom stereocenters. The minimum atomic E-state index is -3.37. The van der Waals surface area contributed by atoms with Gasteiger partial charge in [0.15, 0.2) is 8.32 Å². The summed E-state index contributed by atoms with van der Waals surface area (Å²) in [5.41, 5.74) is 2.58. The van der Waals surface area contributed by atoms with Crippen LogP contribution in [0.1, 0.15) is 67.2 Å². The van der Waals surface area contributed by atoms with Crippen molar-refractivity contribution >= 4 is 28.1 Å². The Labute approximate surface area is 239 Å². The first-order chi connectivity index (χ1) is 18.2. The summed E-state index contributed by atoms with van der Waals surface area (Å²) in [5.74, 6) is 0.158. The molecule has 1 N–H and O–H groups in total. The highest BCUT2D eigenvalue weighted by Gasteiger charge is 2.27. The molecule has 3 atom stereocenters. The first-order valence-corrected chi connectivity index (χ1v) is 19.3. The summed E-state index contributed by atoms with van der Waals surface area (Å²) >= 11 is 0. The van der Waals surface area contributed by atoms with Gasteiger partial charge in [-0.1, -0.05) is 55.4 Å². The molecule has 0 aliphatic rings. The maximum absolute atomic E-state index is 12.5. The van der Waals surface area contributed by atoms with Crippen LogP contribution < -0.4 is 5.32 Å². The lowest BCUT2D eigenvalue weighted by Gasteiger charge is -2.29. The number of rotatable bonds is 21. The summed E-state index contributed by atoms with van der Waals surface area (Å²) in [5, 5.41) is 2.85. The number of carbonyl (C=O) groups excluding carboxylic acids is 2. The molecule has 0 bridgehead atoms. The predicted molar refractivity (Wildman–Crippen MR) is 166 cm³/mol. The Morgan fingerprint density at radius 3 is 2.23 bits per heavy atom. The van der Waals surface area contributed by atoms with E-state index in [2.05, 4.69) is 77.0 Å². The molecule has 1 amide bonds. The van der Waals surface area contributed by atoms with Crippen molar-refractivity contribution in [1.82, 2.24) is 5.32 Å². The molecule has 0 saturated heterocycles. The second-order valence-electron chi connectivity index (χ2n) is 11.1. The summed E-state index contributed by atoms with van der Waals surface area (Å²) in [4.78, 5) is 22.9. The van der Waals surface area contributed by atoms with Crippen molar-refractivity contribution in [2.45, 2.75) is 93.0 Å². The third-order valence-corrected chi connectivity index (χ3v) is 8.81. The van der Waals surface area contributed by atoms with Gasteiger partial charge in [-0.3, -0.25) is 14.2 Å². The Morgan fingerprint density at radius 2 is 1.67 bits per heavy atom. The molecule has 9 heteroatoms. The van der Waals surface area contributed by atoms with E-state index >= 15 is 0 Å². The highest BCUT2D eigenvalue weighted by atomic mass is 31.2. The predicted octanol–water partition coefficient (Wildman–Crippen LogP) is 7.63. The van der Waals surface area contributed by atoms with Gasteiger partial charge >= 0.3 is 7.60 Å². The number of allylic oxidation sites excluding steroid dienone is 6. The van der Waals surface area contributed by atoms with Gasteiger partial charge in [0.05, 0.1) is 19.3 Å². The second kappa shape index (κ2) is 20.3. The summed E-state index contributed by atoms with van der Waals surface area (Å²) in [7, 11) is -5.07. The molecule has 0 radical (unpaired) electrons. The molecule has 0 aliphatic carbocycles.